The van der Waals surface area contributed by atoms with E-state index < -0.39 is 0 Å². The number of hydrogen-bond acceptors (Lipinski definition) is 2. The molecule has 0 amide bonds. The number of benzene rings is 1. The summed E-state index contributed by atoms with van der Waals surface area (Å²) in [4.78, 5) is 2.76. The molecule has 104 valence electrons. The molecule has 0 bridgehead atoms. The fraction of sp³-hybridized carbons (Fsp3) is 0.647. The summed E-state index contributed by atoms with van der Waals surface area (Å²) < 4.78 is 0. The van der Waals surface area contributed by atoms with Gasteiger partial charge >= 0.3 is 0 Å². The van der Waals surface area contributed by atoms with E-state index >= 15 is 0 Å². The van der Waals surface area contributed by atoms with Gasteiger partial charge in [0.15, 0.2) is 0 Å². The maximum absolute atomic E-state index is 3.55. The van der Waals surface area contributed by atoms with Crippen LogP contribution in [0.1, 0.15) is 44.2 Å². The Morgan fingerprint density at radius 3 is 2.63 bits per heavy atom. The molecule has 1 aliphatic carbocycles. The second-order valence-corrected chi connectivity index (χ2v) is 6.23. The second kappa shape index (κ2) is 6.06. The van der Waals surface area contributed by atoms with Gasteiger partial charge in [0.25, 0.3) is 0 Å². The third kappa shape index (κ3) is 3.37. The predicted molar refractivity (Wildman–Crippen MR) is 80.2 cm³/mol. The number of hydrogen-bond donors (Lipinski definition) is 1. The maximum Gasteiger partial charge on any atom is 0.0322 e. The van der Waals surface area contributed by atoms with Crippen molar-refractivity contribution in [1.82, 2.24) is 10.2 Å². The Morgan fingerprint density at radius 2 is 2.00 bits per heavy atom. The molecular weight excluding hydrogens is 232 g/mol. The molecule has 2 heteroatoms. The van der Waals surface area contributed by atoms with E-state index in [-0.39, 0.29) is 0 Å². The van der Waals surface area contributed by atoms with Gasteiger partial charge in [0.05, 0.1) is 0 Å². The van der Waals surface area contributed by atoms with Crippen molar-refractivity contribution in [3.05, 3.63) is 35.9 Å². The first-order valence-electron chi connectivity index (χ1n) is 7.86. The predicted octanol–water partition coefficient (Wildman–Crippen LogP) is 3.21. The van der Waals surface area contributed by atoms with Crippen LogP contribution >= 0.6 is 0 Å². The first-order valence-corrected chi connectivity index (χ1v) is 7.86. The lowest BCUT2D eigenvalue weighted by molar-refractivity contribution is 0.154. The van der Waals surface area contributed by atoms with Crippen molar-refractivity contribution in [2.24, 2.45) is 5.92 Å². The molecule has 2 aliphatic rings. The molecule has 1 saturated heterocycles. The monoisotopic (exact) mass is 258 g/mol. The zero-order valence-electron chi connectivity index (χ0n) is 12.0. The Hall–Kier alpha value is -0.860. The van der Waals surface area contributed by atoms with Crippen LogP contribution in [0.4, 0.5) is 0 Å². The van der Waals surface area contributed by atoms with Crippen LogP contribution in [0.25, 0.3) is 0 Å². The molecule has 0 radical (unpaired) electrons. The zero-order valence-corrected chi connectivity index (χ0v) is 12.0. The zero-order chi connectivity index (χ0) is 13.1. The van der Waals surface area contributed by atoms with Crippen molar-refractivity contribution in [1.29, 1.82) is 0 Å². The van der Waals surface area contributed by atoms with Gasteiger partial charge in [-0.05, 0) is 57.2 Å². The molecule has 3 rings (SSSR count). The van der Waals surface area contributed by atoms with Crippen molar-refractivity contribution >= 4 is 0 Å². The molecule has 2 atom stereocenters. The normalized spacial score (nSPS) is 25.5. The van der Waals surface area contributed by atoms with Crippen LogP contribution in [0.3, 0.4) is 0 Å². The molecule has 1 aromatic rings. The van der Waals surface area contributed by atoms with Gasteiger partial charge in [-0.3, -0.25) is 4.90 Å². The van der Waals surface area contributed by atoms with Crippen LogP contribution < -0.4 is 5.32 Å². The smallest absolute Gasteiger partial charge is 0.0322 e. The number of rotatable bonds is 5. The maximum atomic E-state index is 3.55. The minimum absolute atomic E-state index is 0.565. The van der Waals surface area contributed by atoms with Gasteiger partial charge in [0, 0.05) is 18.6 Å². The van der Waals surface area contributed by atoms with Crippen LogP contribution in [0, 0.1) is 5.92 Å². The fourth-order valence-electron chi connectivity index (χ4n) is 3.33. The molecule has 1 N–H and O–H groups in total. The Morgan fingerprint density at radius 1 is 1.21 bits per heavy atom. The van der Waals surface area contributed by atoms with Crippen LogP contribution in [-0.4, -0.2) is 30.6 Å². The van der Waals surface area contributed by atoms with E-state index in [0.29, 0.717) is 6.04 Å². The van der Waals surface area contributed by atoms with Crippen LogP contribution in [0.2, 0.25) is 0 Å². The summed E-state index contributed by atoms with van der Waals surface area (Å²) in [6, 6.07) is 12.4. The summed E-state index contributed by atoms with van der Waals surface area (Å²) in [6.45, 7) is 6.08. The Kier molecular flexibility index (Phi) is 4.19. The van der Waals surface area contributed by atoms with Crippen molar-refractivity contribution in [2.75, 3.05) is 19.6 Å². The molecule has 19 heavy (non-hydrogen) atoms. The molecule has 1 saturated carbocycles. The summed E-state index contributed by atoms with van der Waals surface area (Å²) in [6.07, 6.45) is 5.55. The molecule has 0 aromatic heterocycles. The van der Waals surface area contributed by atoms with Gasteiger partial charge in [-0.15, -0.1) is 0 Å². The van der Waals surface area contributed by atoms with E-state index in [1.54, 1.807) is 0 Å². The highest BCUT2D eigenvalue weighted by Gasteiger charge is 2.34. The minimum atomic E-state index is 0.565. The third-order valence-corrected chi connectivity index (χ3v) is 4.66. The van der Waals surface area contributed by atoms with Crippen molar-refractivity contribution in [2.45, 2.75) is 44.7 Å². The minimum Gasteiger partial charge on any atom is -0.316 e. The van der Waals surface area contributed by atoms with Gasteiger partial charge in [-0.2, -0.15) is 0 Å². The summed E-state index contributed by atoms with van der Waals surface area (Å²) in [5, 5.41) is 3.55. The van der Waals surface area contributed by atoms with Gasteiger partial charge in [0.2, 0.25) is 0 Å². The van der Waals surface area contributed by atoms with Crippen LogP contribution in [0.5, 0.6) is 0 Å². The quantitative estimate of drug-likeness (QED) is 0.872. The highest BCUT2D eigenvalue weighted by molar-refractivity contribution is 5.19. The molecule has 1 aliphatic heterocycles. The van der Waals surface area contributed by atoms with Gasteiger partial charge in [-0.1, -0.05) is 30.3 Å². The topological polar surface area (TPSA) is 15.3 Å². The lowest BCUT2D eigenvalue weighted by atomic mass is 9.97. The highest BCUT2D eigenvalue weighted by Crippen LogP contribution is 2.35. The highest BCUT2D eigenvalue weighted by atomic mass is 15.2. The molecule has 2 nitrogen and oxygen atoms in total. The molecule has 0 spiro atoms. The Labute approximate surface area is 117 Å². The van der Waals surface area contributed by atoms with E-state index in [1.807, 2.05) is 0 Å². The third-order valence-electron chi connectivity index (χ3n) is 4.66. The van der Waals surface area contributed by atoms with Crippen molar-refractivity contribution < 1.29 is 0 Å². The molecule has 1 aromatic carbocycles. The summed E-state index contributed by atoms with van der Waals surface area (Å²) >= 11 is 0. The number of nitrogens with one attached hydrogen (secondary N) is 1. The van der Waals surface area contributed by atoms with Crippen LogP contribution in [-0.2, 0) is 0 Å². The lowest BCUT2D eigenvalue weighted by Gasteiger charge is -2.34. The van der Waals surface area contributed by atoms with Gasteiger partial charge in [0.1, 0.15) is 0 Å². The Balaban J connectivity index is 1.66. The van der Waals surface area contributed by atoms with E-state index in [1.165, 1.54) is 50.9 Å². The molecular formula is C17H26N2. The Bertz CT molecular complexity index is 380. The van der Waals surface area contributed by atoms with E-state index in [0.717, 1.165) is 12.0 Å². The first kappa shape index (κ1) is 13.1. The average Bonchev–Trinajstić information content (AvgIpc) is 3.31. The number of piperidine rings is 1. The van der Waals surface area contributed by atoms with E-state index in [2.05, 4.69) is 47.5 Å². The lowest BCUT2D eigenvalue weighted by Crippen LogP contribution is -2.40. The average molecular weight is 258 g/mol. The standard InChI is InChI=1S/C17H26N2/c1-14(16-7-3-2-4-8-16)19(17-9-10-17)13-15-6-5-11-18-12-15/h2-4,7-8,14-15,17-18H,5-6,9-13H2,1H3. The van der Waals surface area contributed by atoms with Gasteiger partial charge in [-0.25, -0.2) is 0 Å². The first-order chi connectivity index (χ1) is 9.34. The van der Waals surface area contributed by atoms with E-state index in [4.69, 9.17) is 0 Å². The summed E-state index contributed by atoms with van der Waals surface area (Å²) in [5.74, 6) is 0.848. The summed E-state index contributed by atoms with van der Waals surface area (Å²) in [5.41, 5.74) is 1.47. The van der Waals surface area contributed by atoms with Crippen molar-refractivity contribution in [3.63, 3.8) is 0 Å². The molecule has 2 unspecified atom stereocenters. The second-order valence-electron chi connectivity index (χ2n) is 6.23. The SMILES string of the molecule is CC(c1ccccc1)N(CC1CCCNC1)C1CC1. The summed E-state index contributed by atoms with van der Waals surface area (Å²) in [7, 11) is 0. The largest absolute Gasteiger partial charge is 0.316 e. The van der Waals surface area contributed by atoms with Crippen LogP contribution in [0.15, 0.2) is 30.3 Å². The van der Waals surface area contributed by atoms with Crippen molar-refractivity contribution in [3.8, 4) is 0 Å². The molecule has 2 fully saturated rings. The van der Waals surface area contributed by atoms with E-state index in [9.17, 15) is 0 Å². The molecule has 1 heterocycles. The van der Waals surface area contributed by atoms with Gasteiger partial charge < -0.3 is 5.32 Å². The fourth-order valence-corrected chi connectivity index (χ4v) is 3.33. The number of nitrogens with zero attached hydrogens (tertiary/aromatic N) is 1.